The molecule has 0 bridgehead atoms. The highest BCUT2D eigenvalue weighted by molar-refractivity contribution is 7.92. The third-order valence-electron chi connectivity index (χ3n) is 4.37. The molecule has 27 heavy (non-hydrogen) atoms. The Morgan fingerprint density at radius 1 is 1.15 bits per heavy atom. The zero-order chi connectivity index (χ0) is 19.8. The standard InChI is InChI=1S/C19H23FN2O4S/c1-12-4-7-18(23)19(8-12)27(24,25)21-15-5-6-17(16(20)9-15)22-10-13(2)26-14(3)11-22/h4-9,13-14,21,23H,10-11H2,1-3H3/t13-,14+. The van der Waals surface area contributed by atoms with Crippen LogP contribution in [-0.2, 0) is 14.8 Å². The molecule has 2 aromatic rings. The normalized spacial score (nSPS) is 20.5. The number of nitrogens with one attached hydrogen (secondary N) is 1. The number of anilines is 2. The summed E-state index contributed by atoms with van der Waals surface area (Å²) >= 11 is 0. The Hall–Kier alpha value is -2.32. The van der Waals surface area contributed by atoms with Gasteiger partial charge in [0.25, 0.3) is 10.0 Å². The second-order valence-corrected chi connectivity index (χ2v) is 8.56. The summed E-state index contributed by atoms with van der Waals surface area (Å²) in [5, 5.41) is 9.86. The first-order chi connectivity index (χ1) is 12.7. The van der Waals surface area contributed by atoms with Crippen molar-refractivity contribution >= 4 is 21.4 Å². The molecular formula is C19H23FN2O4S. The summed E-state index contributed by atoms with van der Waals surface area (Å²) in [4.78, 5) is 1.64. The molecule has 0 aromatic heterocycles. The molecule has 2 aromatic carbocycles. The molecule has 1 aliphatic heterocycles. The number of sulfonamides is 1. The lowest BCUT2D eigenvalue weighted by atomic mass is 10.2. The van der Waals surface area contributed by atoms with Crippen LogP contribution < -0.4 is 9.62 Å². The molecule has 8 heteroatoms. The van der Waals surface area contributed by atoms with Gasteiger partial charge in [0.05, 0.1) is 23.6 Å². The number of hydrogen-bond acceptors (Lipinski definition) is 5. The minimum Gasteiger partial charge on any atom is -0.507 e. The summed E-state index contributed by atoms with van der Waals surface area (Å²) in [7, 11) is -4.04. The summed E-state index contributed by atoms with van der Waals surface area (Å²) in [6, 6.07) is 8.48. The summed E-state index contributed by atoms with van der Waals surface area (Å²) in [5.74, 6) is -0.883. The number of halogens is 1. The molecule has 0 aliphatic carbocycles. The van der Waals surface area contributed by atoms with Crippen LogP contribution in [0.1, 0.15) is 19.4 Å². The van der Waals surface area contributed by atoms with Crippen LogP contribution in [0.15, 0.2) is 41.3 Å². The van der Waals surface area contributed by atoms with Crippen molar-refractivity contribution in [3.8, 4) is 5.75 Å². The molecule has 1 fully saturated rings. The lowest BCUT2D eigenvalue weighted by molar-refractivity contribution is -0.00539. The number of ether oxygens (including phenoxy) is 1. The van der Waals surface area contributed by atoms with Crippen molar-refractivity contribution in [3.63, 3.8) is 0 Å². The largest absolute Gasteiger partial charge is 0.507 e. The molecule has 0 unspecified atom stereocenters. The van der Waals surface area contributed by atoms with Gasteiger partial charge in [0.15, 0.2) is 0 Å². The number of nitrogens with zero attached hydrogens (tertiary/aromatic N) is 1. The molecule has 2 atom stereocenters. The van der Waals surface area contributed by atoms with Crippen LogP contribution in [0, 0.1) is 12.7 Å². The molecule has 1 heterocycles. The second-order valence-electron chi connectivity index (χ2n) is 6.91. The molecule has 3 rings (SSSR count). The van der Waals surface area contributed by atoms with Crippen LogP contribution in [0.2, 0.25) is 0 Å². The van der Waals surface area contributed by atoms with Crippen molar-refractivity contribution in [1.82, 2.24) is 0 Å². The Bertz CT molecular complexity index is 939. The quantitative estimate of drug-likeness (QED) is 0.832. The van der Waals surface area contributed by atoms with Gasteiger partial charge in [-0.1, -0.05) is 6.07 Å². The van der Waals surface area contributed by atoms with E-state index in [0.717, 1.165) is 6.07 Å². The average molecular weight is 394 g/mol. The second kappa shape index (κ2) is 7.36. The molecule has 146 valence electrons. The van der Waals surface area contributed by atoms with Crippen molar-refractivity contribution in [2.75, 3.05) is 22.7 Å². The van der Waals surface area contributed by atoms with Gasteiger partial charge in [-0.05, 0) is 50.6 Å². The Balaban J connectivity index is 1.84. The van der Waals surface area contributed by atoms with Gasteiger partial charge in [-0.2, -0.15) is 0 Å². The number of aromatic hydroxyl groups is 1. The summed E-state index contributed by atoms with van der Waals surface area (Å²) in [5.41, 5.74) is 1.18. The Labute approximate surface area is 158 Å². The van der Waals surface area contributed by atoms with E-state index in [4.69, 9.17) is 4.74 Å². The molecule has 0 saturated carbocycles. The van der Waals surface area contributed by atoms with E-state index >= 15 is 0 Å². The number of rotatable bonds is 4. The Morgan fingerprint density at radius 2 is 1.81 bits per heavy atom. The van der Waals surface area contributed by atoms with E-state index in [2.05, 4.69) is 4.72 Å². The fourth-order valence-corrected chi connectivity index (χ4v) is 4.48. The first-order valence-corrected chi connectivity index (χ1v) is 10.2. The Kier molecular flexibility index (Phi) is 5.30. The number of hydrogen-bond donors (Lipinski definition) is 2. The van der Waals surface area contributed by atoms with Crippen molar-refractivity contribution in [2.45, 2.75) is 37.9 Å². The number of phenolic OH excluding ortho intramolecular Hbond substituents is 1. The monoisotopic (exact) mass is 394 g/mol. The summed E-state index contributed by atoms with van der Waals surface area (Å²) in [6.45, 7) is 6.69. The molecule has 0 amide bonds. The van der Waals surface area contributed by atoms with Gasteiger partial charge in [-0.25, -0.2) is 12.8 Å². The minimum absolute atomic E-state index is 0.0179. The highest BCUT2D eigenvalue weighted by atomic mass is 32.2. The van der Waals surface area contributed by atoms with E-state index in [0.29, 0.717) is 24.3 Å². The fourth-order valence-electron chi connectivity index (χ4n) is 3.25. The smallest absolute Gasteiger partial charge is 0.265 e. The van der Waals surface area contributed by atoms with E-state index in [1.54, 1.807) is 19.1 Å². The predicted molar refractivity (Wildman–Crippen MR) is 102 cm³/mol. The highest BCUT2D eigenvalue weighted by Gasteiger charge is 2.25. The van der Waals surface area contributed by atoms with E-state index in [1.165, 1.54) is 18.2 Å². The molecule has 1 saturated heterocycles. The van der Waals surface area contributed by atoms with Crippen molar-refractivity contribution in [2.24, 2.45) is 0 Å². The lowest BCUT2D eigenvalue weighted by Gasteiger charge is -2.37. The number of benzene rings is 2. The number of aryl methyl sites for hydroxylation is 1. The van der Waals surface area contributed by atoms with Crippen LogP contribution in [0.25, 0.3) is 0 Å². The molecule has 2 N–H and O–H groups in total. The summed E-state index contributed by atoms with van der Waals surface area (Å²) in [6.07, 6.45) is -0.0359. The van der Waals surface area contributed by atoms with Gasteiger partial charge in [0, 0.05) is 19.2 Å². The topological polar surface area (TPSA) is 78.9 Å². The van der Waals surface area contributed by atoms with Crippen LogP contribution >= 0.6 is 0 Å². The van der Waals surface area contributed by atoms with E-state index in [1.807, 2.05) is 18.7 Å². The van der Waals surface area contributed by atoms with Crippen molar-refractivity contribution in [3.05, 3.63) is 47.8 Å². The molecule has 1 aliphatic rings. The fraction of sp³-hybridized carbons (Fsp3) is 0.368. The zero-order valence-electron chi connectivity index (χ0n) is 15.4. The highest BCUT2D eigenvalue weighted by Crippen LogP contribution is 2.29. The van der Waals surface area contributed by atoms with Gasteiger partial charge in [0.2, 0.25) is 0 Å². The maximum absolute atomic E-state index is 14.6. The van der Waals surface area contributed by atoms with Crippen LogP contribution in [-0.4, -0.2) is 38.8 Å². The molecule has 0 spiro atoms. The summed E-state index contributed by atoms with van der Waals surface area (Å²) < 4.78 is 47.7. The average Bonchev–Trinajstić information content (AvgIpc) is 2.55. The third-order valence-corrected chi connectivity index (χ3v) is 5.78. The first-order valence-electron chi connectivity index (χ1n) is 8.68. The zero-order valence-corrected chi connectivity index (χ0v) is 16.3. The number of phenols is 1. The SMILES string of the molecule is Cc1ccc(O)c(S(=O)(=O)Nc2ccc(N3C[C@@H](C)O[C@@H](C)C3)c(F)c2)c1. The van der Waals surface area contributed by atoms with E-state index in [-0.39, 0.29) is 28.5 Å². The van der Waals surface area contributed by atoms with E-state index < -0.39 is 15.8 Å². The predicted octanol–water partition coefficient (Wildman–Crippen LogP) is 3.25. The van der Waals surface area contributed by atoms with Crippen molar-refractivity contribution < 1.29 is 22.7 Å². The van der Waals surface area contributed by atoms with Gasteiger partial charge in [0.1, 0.15) is 16.5 Å². The third kappa shape index (κ3) is 4.33. The maximum Gasteiger partial charge on any atom is 0.265 e. The molecular weight excluding hydrogens is 371 g/mol. The van der Waals surface area contributed by atoms with Gasteiger partial charge >= 0.3 is 0 Å². The van der Waals surface area contributed by atoms with Crippen LogP contribution in [0.5, 0.6) is 5.75 Å². The number of morpholine rings is 1. The van der Waals surface area contributed by atoms with Crippen LogP contribution in [0.3, 0.4) is 0 Å². The van der Waals surface area contributed by atoms with E-state index in [9.17, 15) is 17.9 Å². The van der Waals surface area contributed by atoms with Gasteiger partial charge in [-0.15, -0.1) is 0 Å². The lowest BCUT2D eigenvalue weighted by Crippen LogP contribution is -2.45. The van der Waals surface area contributed by atoms with Gasteiger partial charge < -0.3 is 14.7 Å². The maximum atomic E-state index is 14.6. The van der Waals surface area contributed by atoms with Crippen molar-refractivity contribution in [1.29, 1.82) is 0 Å². The molecule has 6 nitrogen and oxygen atoms in total. The minimum atomic E-state index is -4.04. The first kappa shape index (κ1) is 19.4. The Morgan fingerprint density at radius 3 is 2.44 bits per heavy atom. The molecule has 0 radical (unpaired) electrons. The van der Waals surface area contributed by atoms with Gasteiger partial charge in [-0.3, -0.25) is 4.72 Å². The van der Waals surface area contributed by atoms with Crippen LogP contribution in [0.4, 0.5) is 15.8 Å².